The van der Waals surface area contributed by atoms with Crippen LogP contribution in [0.5, 0.6) is 5.75 Å². The molecule has 0 aliphatic carbocycles. The van der Waals surface area contributed by atoms with Crippen molar-refractivity contribution < 1.29 is 13.2 Å². The lowest BCUT2D eigenvalue weighted by molar-refractivity contribution is 0.411. The van der Waals surface area contributed by atoms with Crippen molar-refractivity contribution in [2.24, 2.45) is 0 Å². The SMILES string of the molecule is COc1ccc(S(=O)(=O)NC2CCN(c3ncccn3)CC2)cc1Br. The number of piperidine rings is 1. The molecule has 0 unspecified atom stereocenters. The fraction of sp³-hybridized carbons (Fsp3) is 0.375. The maximum Gasteiger partial charge on any atom is 0.240 e. The molecule has 134 valence electrons. The summed E-state index contributed by atoms with van der Waals surface area (Å²) in [5, 5.41) is 0. The van der Waals surface area contributed by atoms with Crippen LogP contribution in [0.25, 0.3) is 0 Å². The molecule has 1 aliphatic heterocycles. The second-order valence-electron chi connectivity index (χ2n) is 5.73. The molecule has 7 nitrogen and oxygen atoms in total. The number of sulfonamides is 1. The minimum Gasteiger partial charge on any atom is -0.496 e. The minimum atomic E-state index is -3.57. The molecule has 9 heteroatoms. The van der Waals surface area contributed by atoms with E-state index < -0.39 is 10.0 Å². The number of benzene rings is 1. The molecule has 0 bridgehead atoms. The molecular formula is C16H19BrN4O3S. The monoisotopic (exact) mass is 426 g/mol. The number of aromatic nitrogens is 2. The van der Waals surface area contributed by atoms with Crippen LogP contribution in [0.15, 0.2) is 46.0 Å². The number of anilines is 1. The van der Waals surface area contributed by atoms with Crippen molar-refractivity contribution >= 4 is 31.9 Å². The number of halogens is 1. The number of nitrogens with one attached hydrogen (secondary N) is 1. The minimum absolute atomic E-state index is 0.106. The van der Waals surface area contributed by atoms with Crippen LogP contribution in [0.3, 0.4) is 0 Å². The highest BCUT2D eigenvalue weighted by Crippen LogP contribution is 2.27. The number of rotatable bonds is 5. The van der Waals surface area contributed by atoms with Gasteiger partial charge in [0.1, 0.15) is 5.75 Å². The van der Waals surface area contributed by atoms with E-state index in [-0.39, 0.29) is 10.9 Å². The highest BCUT2D eigenvalue weighted by Gasteiger charge is 2.26. The summed E-state index contributed by atoms with van der Waals surface area (Å²) in [5.41, 5.74) is 0. The first-order valence-corrected chi connectivity index (χ1v) is 10.1. The number of hydrogen-bond donors (Lipinski definition) is 1. The predicted octanol–water partition coefficient (Wildman–Crippen LogP) is 2.19. The van der Waals surface area contributed by atoms with Gasteiger partial charge in [-0.3, -0.25) is 0 Å². The molecular weight excluding hydrogens is 408 g/mol. The summed E-state index contributed by atoms with van der Waals surface area (Å²) in [6, 6.07) is 6.39. The Kier molecular flexibility index (Phi) is 5.55. The Morgan fingerprint density at radius 1 is 1.24 bits per heavy atom. The van der Waals surface area contributed by atoms with E-state index >= 15 is 0 Å². The fourth-order valence-electron chi connectivity index (χ4n) is 2.75. The molecule has 1 fully saturated rings. The summed E-state index contributed by atoms with van der Waals surface area (Å²) in [5.74, 6) is 1.28. The van der Waals surface area contributed by atoms with Crippen molar-refractivity contribution in [1.29, 1.82) is 0 Å². The van der Waals surface area contributed by atoms with Crippen molar-refractivity contribution in [2.45, 2.75) is 23.8 Å². The lowest BCUT2D eigenvalue weighted by Gasteiger charge is -2.32. The van der Waals surface area contributed by atoms with Crippen molar-refractivity contribution in [3.05, 3.63) is 41.1 Å². The van der Waals surface area contributed by atoms with Gasteiger partial charge in [-0.15, -0.1) is 0 Å². The third-order valence-electron chi connectivity index (χ3n) is 4.09. The Hall–Kier alpha value is -1.71. The first kappa shape index (κ1) is 18.1. The topological polar surface area (TPSA) is 84.4 Å². The number of nitrogens with zero attached hydrogens (tertiary/aromatic N) is 3. The highest BCUT2D eigenvalue weighted by atomic mass is 79.9. The average Bonchev–Trinajstić information content (AvgIpc) is 2.62. The molecule has 0 spiro atoms. The molecule has 3 rings (SSSR count). The third-order valence-corrected chi connectivity index (χ3v) is 6.22. The first-order chi connectivity index (χ1) is 12.0. The van der Waals surface area contributed by atoms with Crippen molar-refractivity contribution in [2.75, 3.05) is 25.1 Å². The first-order valence-electron chi connectivity index (χ1n) is 7.87. The summed E-state index contributed by atoms with van der Waals surface area (Å²) >= 11 is 3.32. The smallest absolute Gasteiger partial charge is 0.240 e. The van der Waals surface area contributed by atoms with Crippen molar-refractivity contribution in [3.63, 3.8) is 0 Å². The zero-order chi connectivity index (χ0) is 17.9. The Morgan fingerprint density at radius 3 is 2.52 bits per heavy atom. The van der Waals surface area contributed by atoms with Gasteiger partial charge < -0.3 is 9.64 Å². The summed E-state index contributed by atoms with van der Waals surface area (Å²) in [6.07, 6.45) is 4.82. The number of ether oxygens (including phenoxy) is 1. The van der Waals surface area contributed by atoms with Crippen LogP contribution in [0.2, 0.25) is 0 Å². The second-order valence-corrected chi connectivity index (χ2v) is 8.30. The second kappa shape index (κ2) is 7.67. The van der Waals surface area contributed by atoms with Gasteiger partial charge in [0.05, 0.1) is 16.5 Å². The zero-order valence-electron chi connectivity index (χ0n) is 13.7. The Balaban J connectivity index is 1.64. The summed E-state index contributed by atoms with van der Waals surface area (Å²) in [6.45, 7) is 1.42. The van der Waals surface area contributed by atoms with Gasteiger partial charge in [-0.05, 0) is 53.0 Å². The van der Waals surface area contributed by atoms with Gasteiger partial charge in [-0.2, -0.15) is 0 Å². The van der Waals surface area contributed by atoms with Gasteiger partial charge in [-0.1, -0.05) is 0 Å². The Bertz CT molecular complexity index is 825. The maximum absolute atomic E-state index is 12.6. The Morgan fingerprint density at radius 2 is 1.92 bits per heavy atom. The van der Waals surface area contributed by atoms with Crippen molar-refractivity contribution in [1.82, 2.24) is 14.7 Å². The molecule has 2 heterocycles. The summed E-state index contributed by atoms with van der Waals surface area (Å²) in [7, 11) is -2.04. The van der Waals surface area contributed by atoms with E-state index in [9.17, 15) is 8.42 Å². The average molecular weight is 427 g/mol. The molecule has 1 saturated heterocycles. The van der Waals surface area contributed by atoms with Gasteiger partial charge in [0.25, 0.3) is 0 Å². The van der Waals surface area contributed by atoms with E-state index in [1.54, 1.807) is 36.7 Å². The molecule has 1 aromatic carbocycles. The van der Waals surface area contributed by atoms with E-state index in [1.807, 2.05) is 0 Å². The van der Waals surface area contributed by atoms with E-state index in [0.29, 0.717) is 42.1 Å². The van der Waals surface area contributed by atoms with Crippen LogP contribution in [0, 0.1) is 0 Å². The van der Waals surface area contributed by atoms with Gasteiger partial charge >= 0.3 is 0 Å². The van der Waals surface area contributed by atoms with E-state index in [0.717, 1.165) is 0 Å². The summed E-state index contributed by atoms with van der Waals surface area (Å²) < 4.78 is 33.7. The fourth-order valence-corrected chi connectivity index (χ4v) is 4.78. The Labute approximate surface area is 155 Å². The van der Waals surface area contributed by atoms with Crippen LogP contribution in [-0.4, -0.2) is 44.6 Å². The standard InChI is InChI=1S/C16H19BrN4O3S/c1-24-15-4-3-13(11-14(15)17)25(22,23)20-12-5-9-21(10-6-12)16-18-7-2-8-19-16/h2-4,7-8,11-12,20H,5-6,9-10H2,1H3. The van der Waals surface area contributed by atoms with Crippen LogP contribution < -0.4 is 14.4 Å². The highest BCUT2D eigenvalue weighted by molar-refractivity contribution is 9.10. The molecule has 0 radical (unpaired) electrons. The molecule has 0 saturated carbocycles. The molecule has 25 heavy (non-hydrogen) atoms. The van der Waals surface area contributed by atoms with Gasteiger partial charge in [-0.25, -0.2) is 23.1 Å². The molecule has 1 aromatic heterocycles. The quantitative estimate of drug-likeness (QED) is 0.788. The van der Waals surface area contributed by atoms with E-state index in [2.05, 4.69) is 35.5 Å². The van der Waals surface area contributed by atoms with Crippen LogP contribution in [-0.2, 0) is 10.0 Å². The molecule has 1 aliphatic rings. The van der Waals surface area contributed by atoms with Gasteiger partial charge in [0.15, 0.2) is 0 Å². The zero-order valence-corrected chi connectivity index (χ0v) is 16.1. The van der Waals surface area contributed by atoms with Crippen molar-refractivity contribution in [3.8, 4) is 5.75 Å². The van der Waals surface area contributed by atoms with Crippen LogP contribution in [0.4, 0.5) is 5.95 Å². The van der Waals surface area contributed by atoms with E-state index in [1.165, 1.54) is 7.11 Å². The number of methoxy groups -OCH3 is 1. The largest absolute Gasteiger partial charge is 0.496 e. The van der Waals surface area contributed by atoms with E-state index in [4.69, 9.17) is 4.74 Å². The third kappa shape index (κ3) is 4.28. The number of hydrogen-bond acceptors (Lipinski definition) is 6. The summed E-state index contributed by atoms with van der Waals surface area (Å²) in [4.78, 5) is 10.8. The molecule has 0 atom stereocenters. The lowest BCUT2D eigenvalue weighted by Crippen LogP contribution is -2.45. The normalized spacial score (nSPS) is 16.0. The van der Waals surface area contributed by atoms with Crippen LogP contribution >= 0.6 is 15.9 Å². The molecule has 0 amide bonds. The predicted molar refractivity (Wildman–Crippen MR) is 98.3 cm³/mol. The van der Waals surface area contributed by atoms with Crippen LogP contribution in [0.1, 0.15) is 12.8 Å². The van der Waals surface area contributed by atoms with Gasteiger partial charge in [0.2, 0.25) is 16.0 Å². The van der Waals surface area contributed by atoms with Gasteiger partial charge in [0, 0.05) is 31.5 Å². The molecule has 2 aromatic rings. The molecule has 1 N–H and O–H groups in total. The lowest BCUT2D eigenvalue weighted by atomic mass is 10.1. The maximum atomic E-state index is 12.6.